The van der Waals surface area contributed by atoms with Gasteiger partial charge in [-0.25, -0.2) is 4.79 Å². The fourth-order valence-electron chi connectivity index (χ4n) is 2.80. The molecule has 0 saturated carbocycles. The lowest BCUT2D eigenvalue weighted by atomic mass is 9.94. The van der Waals surface area contributed by atoms with Crippen LogP contribution in [0.25, 0.3) is 0 Å². The lowest BCUT2D eigenvalue weighted by molar-refractivity contribution is -0.173. The van der Waals surface area contributed by atoms with E-state index >= 15 is 0 Å². The maximum atomic E-state index is 11.6. The second kappa shape index (κ2) is 6.93. The first-order valence-corrected chi connectivity index (χ1v) is 7.50. The summed E-state index contributed by atoms with van der Waals surface area (Å²) in [7, 11) is 1.47. The molecular weight excluding hydrogens is 256 g/mol. The van der Waals surface area contributed by atoms with Crippen LogP contribution in [0.3, 0.4) is 0 Å². The van der Waals surface area contributed by atoms with Gasteiger partial charge in [0.15, 0.2) is 0 Å². The highest BCUT2D eigenvalue weighted by atomic mass is 16.7. The zero-order valence-electron chi connectivity index (χ0n) is 12.4. The highest BCUT2D eigenvalue weighted by Gasteiger charge is 2.42. The van der Waals surface area contributed by atoms with E-state index in [4.69, 9.17) is 14.2 Å². The van der Waals surface area contributed by atoms with E-state index in [9.17, 15) is 4.79 Å². The predicted octanol–water partition coefficient (Wildman–Crippen LogP) is 3.48. The quantitative estimate of drug-likeness (QED) is 0.529. The number of ether oxygens (including phenoxy) is 3. The van der Waals surface area contributed by atoms with Crippen molar-refractivity contribution in [1.29, 1.82) is 0 Å². The number of esters is 1. The van der Waals surface area contributed by atoms with Gasteiger partial charge in [-0.05, 0) is 18.4 Å². The van der Waals surface area contributed by atoms with Crippen LogP contribution in [0, 0.1) is 0 Å². The Balaban J connectivity index is 1.86. The van der Waals surface area contributed by atoms with Crippen molar-refractivity contribution in [1.82, 2.24) is 0 Å². The van der Waals surface area contributed by atoms with Gasteiger partial charge in [0, 0.05) is 0 Å². The van der Waals surface area contributed by atoms with Gasteiger partial charge in [0.1, 0.15) is 0 Å². The third-order valence-electron chi connectivity index (χ3n) is 3.88. The summed E-state index contributed by atoms with van der Waals surface area (Å²) in [6.45, 7) is 6.26. The number of hydrogen-bond acceptors (Lipinski definition) is 4. The van der Waals surface area contributed by atoms with Crippen LogP contribution in [0.15, 0.2) is 23.5 Å². The number of hydrogen-bond donors (Lipinski definition) is 0. The molecule has 0 radical (unpaired) electrons. The Morgan fingerprint density at radius 1 is 1.30 bits per heavy atom. The van der Waals surface area contributed by atoms with E-state index in [0.29, 0.717) is 5.57 Å². The van der Waals surface area contributed by atoms with Crippen LogP contribution in [-0.2, 0) is 19.0 Å². The van der Waals surface area contributed by atoms with Crippen molar-refractivity contribution in [2.24, 2.45) is 0 Å². The van der Waals surface area contributed by atoms with E-state index in [2.05, 4.69) is 13.5 Å². The highest BCUT2D eigenvalue weighted by molar-refractivity contribution is 5.91. The third-order valence-corrected chi connectivity index (χ3v) is 3.88. The molecule has 0 N–H and O–H groups in total. The van der Waals surface area contributed by atoms with Crippen LogP contribution < -0.4 is 0 Å². The molecule has 20 heavy (non-hydrogen) atoms. The van der Waals surface area contributed by atoms with Crippen LogP contribution in [0.5, 0.6) is 0 Å². The molecule has 0 aliphatic carbocycles. The molecule has 1 saturated heterocycles. The smallest absolute Gasteiger partial charge is 0.376 e. The zero-order chi connectivity index (χ0) is 14.5. The molecule has 2 aliphatic heterocycles. The lowest BCUT2D eigenvalue weighted by Crippen LogP contribution is -2.30. The van der Waals surface area contributed by atoms with Crippen LogP contribution in [0.2, 0.25) is 0 Å². The average Bonchev–Trinajstić information content (AvgIpc) is 2.74. The largest absolute Gasteiger partial charge is 0.490 e. The summed E-state index contributed by atoms with van der Waals surface area (Å²) >= 11 is 0. The van der Waals surface area contributed by atoms with E-state index in [-0.39, 0.29) is 11.9 Å². The van der Waals surface area contributed by atoms with E-state index in [1.807, 2.05) is 0 Å². The molecule has 1 fully saturated rings. The van der Waals surface area contributed by atoms with Crippen molar-refractivity contribution in [3.8, 4) is 0 Å². The first-order chi connectivity index (χ1) is 9.67. The van der Waals surface area contributed by atoms with E-state index in [0.717, 1.165) is 24.8 Å². The lowest BCUT2D eigenvalue weighted by Gasteiger charge is -2.29. The number of unbranched alkanes of at least 4 members (excludes halogenated alkanes) is 4. The maximum Gasteiger partial charge on any atom is 0.376 e. The molecule has 4 nitrogen and oxygen atoms in total. The van der Waals surface area contributed by atoms with E-state index in [1.54, 1.807) is 0 Å². The van der Waals surface area contributed by atoms with Crippen LogP contribution in [0.1, 0.15) is 51.9 Å². The molecule has 2 atom stereocenters. The second-order valence-electron chi connectivity index (χ2n) is 5.45. The summed E-state index contributed by atoms with van der Waals surface area (Å²) in [6.07, 6.45) is 7.44. The standard InChI is InChI=1S/C16H24O4/c1-4-5-6-7-8-9-12-10-11(2)13-14(18-3)15(17)20-16(13)19-12/h12,16H,2,4-10H2,1,3H3. The van der Waals surface area contributed by atoms with Crippen molar-refractivity contribution in [2.75, 3.05) is 7.11 Å². The number of rotatable bonds is 7. The monoisotopic (exact) mass is 280 g/mol. The van der Waals surface area contributed by atoms with Crippen LogP contribution >= 0.6 is 0 Å². The Hall–Kier alpha value is -1.29. The van der Waals surface area contributed by atoms with Gasteiger partial charge >= 0.3 is 5.97 Å². The van der Waals surface area contributed by atoms with Gasteiger partial charge in [0.2, 0.25) is 12.0 Å². The molecular formula is C16H24O4. The maximum absolute atomic E-state index is 11.6. The van der Waals surface area contributed by atoms with Crippen molar-refractivity contribution in [3.05, 3.63) is 23.5 Å². The summed E-state index contributed by atoms with van der Waals surface area (Å²) in [6, 6.07) is 0. The second-order valence-corrected chi connectivity index (χ2v) is 5.45. The molecule has 0 aromatic heterocycles. The minimum Gasteiger partial charge on any atom is -0.490 e. The van der Waals surface area contributed by atoms with Gasteiger partial charge in [-0.15, -0.1) is 0 Å². The van der Waals surface area contributed by atoms with Crippen molar-refractivity contribution >= 4 is 5.97 Å². The number of fused-ring (bicyclic) bond motifs is 1. The molecule has 0 aromatic rings. The summed E-state index contributed by atoms with van der Waals surface area (Å²) in [5, 5.41) is 0. The average molecular weight is 280 g/mol. The Kier molecular flexibility index (Phi) is 5.24. The topological polar surface area (TPSA) is 44.8 Å². The van der Waals surface area contributed by atoms with Gasteiger partial charge < -0.3 is 14.2 Å². The van der Waals surface area contributed by atoms with Gasteiger partial charge in [-0.3, -0.25) is 0 Å². The normalized spacial score (nSPS) is 25.7. The fraction of sp³-hybridized carbons (Fsp3) is 0.688. The summed E-state index contributed by atoms with van der Waals surface area (Å²) < 4.78 is 16.1. The third kappa shape index (κ3) is 3.23. The fourth-order valence-corrected chi connectivity index (χ4v) is 2.80. The van der Waals surface area contributed by atoms with Crippen LogP contribution in [0.4, 0.5) is 0 Å². The number of carbonyl (C=O) groups excluding carboxylic acids is 1. The Morgan fingerprint density at radius 2 is 2.05 bits per heavy atom. The number of carbonyl (C=O) groups is 1. The minimum atomic E-state index is -0.612. The first-order valence-electron chi connectivity index (χ1n) is 7.50. The molecule has 2 aliphatic rings. The van der Waals surface area contributed by atoms with Crippen molar-refractivity contribution in [3.63, 3.8) is 0 Å². The summed E-state index contributed by atoms with van der Waals surface area (Å²) in [4.78, 5) is 11.6. The predicted molar refractivity (Wildman–Crippen MR) is 75.9 cm³/mol. The van der Waals surface area contributed by atoms with Crippen molar-refractivity contribution in [2.45, 2.75) is 64.3 Å². The molecule has 0 spiro atoms. The molecule has 112 valence electrons. The van der Waals surface area contributed by atoms with Gasteiger partial charge in [0.25, 0.3) is 0 Å². The van der Waals surface area contributed by atoms with Crippen molar-refractivity contribution < 1.29 is 19.0 Å². The Labute approximate surface area is 120 Å². The molecule has 0 aromatic carbocycles. The van der Waals surface area contributed by atoms with Crippen LogP contribution in [-0.4, -0.2) is 25.5 Å². The van der Waals surface area contributed by atoms with E-state index in [1.165, 1.54) is 32.8 Å². The van der Waals surface area contributed by atoms with Gasteiger partial charge in [-0.2, -0.15) is 0 Å². The molecule has 2 rings (SSSR count). The van der Waals surface area contributed by atoms with Gasteiger partial charge in [-0.1, -0.05) is 45.6 Å². The zero-order valence-corrected chi connectivity index (χ0v) is 12.4. The highest BCUT2D eigenvalue weighted by Crippen LogP contribution is 2.38. The summed E-state index contributed by atoms with van der Waals surface area (Å²) in [5.74, 6) is -0.196. The molecule has 2 unspecified atom stereocenters. The minimum absolute atomic E-state index is 0.0990. The van der Waals surface area contributed by atoms with E-state index < -0.39 is 12.3 Å². The molecule has 4 heteroatoms. The molecule has 0 bridgehead atoms. The first kappa shape index (κ1) is 15.1. The summed E-state index contributed by atoms with van der Waals surface area (Å²) in [5.41, 5.74) is 1.60. The SMILES string of the molecule is C=C1CC(CCCCCCC)OC2OC(=O)C(OC)=C12. The Morgan fingerprint density at radius 3 is 2.75 bits per heavy atom. The number of methoxy groups -OCH3 is 1. The molecule has 2 heterocycles. The van der Waals surface area contributed by atoms with Gasteiger partial charge in [0.05, 0.1) is 18.8 Å². The Bertz CT molecular complexity index is 411. The molecule has 0 amide bonds.